The average Bonchev–Trinajstić information content (AvgIpc) is 2.91. The van der Waals surface area contributed by atoms with Gasteiger partial charge in [-0.05, 0) is 76.1 Å². The molecule has 1 aliphatic rings. The Morgan fingerprint density at radius 1 is 1.14 bits per heavy atom. The Morgan fingerprint density at radius 3 is 2.55 bits per heavy atom. The van der Waals surface area contributed by atoms with Crippen LogP contribution in [0, 0.1) is 0 Å². The fourth-order valence-electron chi connectivity index (χ4n) is 4.73. The van der Waals surface area contributed by atoms with E-state index in [1.54, 1.807) is 32.0 Å². The number of primary amides is 1. The van der Waals surface area contributed by atoms with Crippen molar-refractivity contribution in [1.82, 2.24) is 0 Å². The Labute approximate surface area is 241 Å². The van der Waals surface area contributed by atoms with Crippen molar-refractivity contribution in [2.45, 2.75) is 64.3 Å². The van der Waals surface area contributed by atoms with Gasteiger partial charge in [0.25, 0.3) is 5.91 Å². The molecular formula is C30H34N2O10. The highest BCUT2D eigenvalue weighted by Gasteiger charge is 2.53. The van der Waals surface area contributed by atoms with Crippen LogP contribution in [0.1, 0.15) is 43.6 Å². The number of nitrogens with two attached hydrogens (primary N) is 1. The van der Waals surface area contributed by atoms with E-state index in [1.165, 1.54) is 31.4 Å². The van der Waals surface area contributed by atoms with Crippen LogP contribution in [0.2, 0.25) is 0 Å². The van der Waals surface area contributed by atoms with Crippen LogP contribution >= 0.6 is 0 Å². The third kappa shape index (κ3) is 6.73. The number of rotatable bonds is 8. The molecule has 2 aromatic carbocycles. The number of methoxy groups -OCH3 is 1. The second-order valence-electron chi connectivity index (χ2n) is 10.7. The first-order chi connectivity index (χ1) is 19.8. The normalized spacial score (nSPS) is 21.4. The molecule has 224 valence electrons. The summed E-state index contributed by atoms with van der Waals surface area (Å²) in [6, 6.07) is 10.5. The van der Waals surface area contributed by atoms with Gasteiger partial charge in [-0.1, -0.05) is 11.6 Å². The predicted molar refractivity (Wildman–Crippen MR) is 153 cm³/mol. The summed E-state index contributed by atoms with van der Waals surface area (Å²) in [7, 11) is 1.39. The van der Waals surface area contributed by atoms with E-state index in [4.69, 9.17) is 29.1 Å². The van der Waals surface area contributed by atoms with Crippen LogP contribution in [-0.2, 0) is 20.6 Å². The lowest BCUT2D eigenvalue weighted by atomic mass is 9.89. The average molecular weight is 583 g/mol. The molecule has 42 heavy (non-hydrogen) atoms. The first kappa shape index (κ1) is 30.6. The van der Waals surface area contributed by atoms with E-state index in [1.807, 2.05) is 19.9 Å². The Morgan fingerprint density at radius 2 is 1.88 bits per heavy atom. The Balaban J connectivity index is 1.54. The molecule has 1 saturated heterocycles. The van der Waals surface area contributed by atoms with Crippen molar-refractivity contribution >= 4 is 28.7 Å². The molecule has 0 saturated carbocycles. The Bertz CT molecular complexity index is 1570. The van der Waals surface area contributed by atoms with E-state index >= 15 is 0 Å². The summed E-state index contributed by atoms with van der Waals surface area (Å²) in [5, 5.41) is 24.0. The molecule has 2 heterocycles. The molecule has 1 aromatic heterocycles. The Kier molecular flexibility index (Phi) is 8.90. The van der Waals surface area contributed by atoms with E-state index in [0.717, 1.165) is 5.57 Å². The number of hydrogen-bond donors (Lipinski definition) is 4. The van der Waals surface area contributed by atoms with Crippen LogP contribution in [0.5, 0.6) is 11.5 Å². The van der Waals surface area contributed by atoms with Crippen molar-refractivity contribution in [2.24, 2.45) is 5.73 Å². The molecule has 0 aliphatic carbocycles. The number of phenols is 1. The van der Waals surface area contributed by atoms with Gasteiger partial charge < -0.3 is 44.6 Å². The van der Waals surface area contributed by atoms with Crippen molar-refractivity contribution in [3.05, 3.63) is 75.7 Å². The second-order valence-corrected chi connectivity index (χ2v) is 10.7. The standard InChI is InChI=1S/C30H34N2O10/c1-15(2)6-7-16-12-18(9-11-21(16)33)26(35)32-20-13-17-8-10-19(14-22(17)40-27(20)36)39-28-23(34)24(41-29(31)37)25(38-5)30(3,4)42-28/h6,8-14,23-25,28,33-34H,7H2,1-5H3,(H2,31,37)(H,32,35)/t23?,24-,25-,28-/m1/s1. The number of fused-ring (bicyclic) bond motifs is 1. The summed E-state index contributed by atoms with van der Waals surface area (Å²) >= 11 is 0. The van der Waals surface area contributed by atoms with Gasteiger partial charge in [-0.15, -0.1) is 0 Å². The van der Waals surface area contributed by atoms with Crippen molar-refractivity contribution < 1.29 is 43.2 Å². The molecule has 0 radical (unpaired) electrons. The zero-order chi connectivity index (χ0) is 30.8. The fraction of sp³-hybridized carbons (Fsp3) is 0.367. The minimum atomic E-state index is -1.46. The topological polar surface area (TPSA) is 180 Å². The van der Waals surface area contributed by atoms with Gasteiger partial charge in [0, 0.05) is 24.1 Å². The largest absolute Gasteiger partial charge is 0.508 e. The monoisotopic (exact) mass is 582 g/mol. The fourth-order valence-corrected chi connectivity index (χ4v) is 4.73. The lowest BCUT2D eigenvalue weighted by Crippen LogP contribution is -2.65. The summed E-state index contributed by atoms with van der Waals surface area (Å²) in [6.07, 6.45) is -3.48. The van der Waals surface area contributed by atoms with Gasteiger partial charge >= 0.3 is 11.7 Å². The van der Waals surface area contributed by atoms with E-state index < -0.39 is 47.8 Å². The molecule has 12 heteroatoms. The number of aliphatic hydroxyl groups is 1. The molecule has 1 fully saturated rings. The van der Waals surface area contributed by atoms with Crippen LogP contribution in [-0.4, -0.2) is 59.5 Å². The van der Waals surface area contributed by atoms with Gasteiger partial charge in [0.05, 0.1) is 5.60 Å². The number of aliphatic hydroxyl groups excluding tert-OH is 1. The number of ether oxygens (including phenoxy) is 4. The molecule has 4 rings (SSSR count). The smallest absolute Gasteiger partial charge is 0.404 e. The van der Waals surface area contributed by atoms with Crippen LogP contribution < -0.4 is 21.4 Å². The molecule has 3 aromatic rings. The third-order valence-corrected chi connectivity index (χ3v) is 6.80. The first-order valence-corrected chi connectivity index (χ1v) is 13.1. The van der Waals surface area contributed by atoms with E-state index in [-0.39, 0.29) is 28.3 Å². The molecule has 2 amide bonds. The van der Waals surface area contributed by atoms with Crippen LogP contribution in [0.3, 0.4) is 0 Å². The maximum Gasteiger partial charge on any atom is 0.404 e. The van der Waals surface area contributed by atoms with Crippen LogP contribution in [0.25, 0.3) is 11.0 Å². The highest BCUT2D eigenvalue weighted by molar-refractivity contribution is 6.05. The molecule has 5 N–H and O–H groups in total. The minimum Gasteiger partial charge on any atom is -0.508 e. The zero-order valence-corrected chi connectivity index (χ0v) is 23.9. The predicted octanol–water partition coefficient (Wildman–Crippen LogP) is 3.61. The number of carbonyl (C=O) groups excluding carboxylic acids is 2. The molecule has 12 nitrogen and oxygen atoms in total. The third-order valence-electron chi connectivity index (χ3n) is 6.80. The van der Waals surface area contributed by atoms with Crippen LogP contribution in [0.4, 0.5) is 10.5 Å². The molecule has 0 spiro atoms. The van der Waals surface area contributed by atoms with Gasteiger partial charge in [0.1, 0.15) is 28.9 Å². The Hall–Kier alpha value is -4.39. The number of hydrogen-bond acceptors (Lipinski definition) is 10. The van der Waals surface area contributed by atoms with Crippen molar-refractivity contribution in [1.29, 1.82) is 0 Å². The number of anilines is 1. The van der Waals surface area contributed by atoms with Crippen molar-refractivity contribution in [3.8, 4) is 11.5 Å². The number of benzene rings is 2. The zero-order valence-electron chi connectivity index (χ0n) is 23.9. The van der Waals surface area contributed by atoms with Gasteiger partial charge in [0.15, 0.2) is 12.2 Å². The SMILES string of the molecule is CO[C@@H]1[C@H](OC(N)=O)C(O)[C@H](Oc2ccc3cc(NC(=O)c4ccc(O)c(CC=C(C)C)c4)c(=O)oc3c2)OC1(C)C. The van der Waals surface area contributed by atoms with Gasteiger partial charge in [-0.3, -0.25) is 4.79 Å². The number of phenolic OH excluding ortho intramolecular Hbond substituents is 1. The number of allylic oxidation sites excluding steroid dienone is 2. The summed E-state index contributed by atoms with van der Waals surface area (Å²) < 4.78 is 27.7. The summed E-state index contributed by atoms with van der Waals surface area (Å²) in [5.74, 6) is -0.298. The van der Waals surface area contributed by atoms with E-state index in [2.05, 4.69) is 5.32 Å². The molecule has 4 atom stereocenters. The number of aromatic hydroxyl groups is 1. The van der Waals surface area contributed by atoms with E-state index in [0.29, 0.717) is 17.4 Å². The summed E-state index contributed by atoms with van der Waals surface area (Å²) in [6.45, 7) is 7.23. The maximum absolute atomic E-state index is 12.9. The number of carbonyl (C=O) groups is 2. The lowest BCUT2D eigenvalue weighted by molar-refractivity contribution is -0.304. The van der Waals surface area contributed by atoms with Gasteiger partial charge in [0.2, 0.25) is 6.29 Å². The number of nitrogens with one attached hydrogen (secondary N) is 1. The van der Waals surface area contributed by atoms with Crippen LogP contribution in [0.15, 0.2) is 63.3 Å². The van der Waals surface area contributed by atoms with Crippen molar-refractivity contribution in [2.75, 3.05) is 12.4 Å². The molecular weight excluding hydrogens is 548 g/mol. The second kappa shape index (κ2) is 12.2. The maximum atomic E-state index is 12.9. The summed E-state index contributed by atoms with van der Waals surface area (Å²) in [4.78, 5) is 37.1. The molecule has 1 unspecified atom stereocenters. The minimum absolute atomic E-state index is 0.0661. The van der Waals surface area contributed by atoms with Crippen molar-refractivity contribution in [3.63, 3.8) is 0 Å². The van der Waals surface area contributed by atoms with E-state index in [9.17, 15) is 24.6 Å². The first-order valence-electron chi connectivity index (χ1n) is 13.1. The molecule has 1 aliphatic heterocycles. The number of amides is 2. The highest BCUT2D eigenvalue weighted by atomic mass is 16.7. The van der Waals surface area contributed by atoms with Gasteiger partial charge in [-0.25, -0.2) is 9.59 Å². The molecule has 0 bridgehead atoms. The highest BCUT2D eigenvalue weighted by Crippen LogP contribution is 2.35. The van der Waals surface area contributed by atoms with Gasteiger partial charge in [-0.2, -0.15) is 0 Å². The quantitative estimate of drug-likeness (QED) is 0.226. The lowest BCUT2D eigenvalue weighted by Gasteiger charge is -2.47. The summed E-state index contributed by atoms with van der Waals surface area (Å²) in [5.41, 5.74) is 5.31.